The highest BCUT2D eigenvalue weighted by Crippen LogP contribution is 2.40. The van der Waals surface area contributed by atoms with Crippen LogP contribution >= 0.6 is 11.8 Å². The van der Waals surface area contributed by atoms with Crippen LogP contribution in [0.2, 0.25) is 0 Å². The minimum absolute atomic E-state index is 0.128. The second kappa shape index (κ2) is 7.08. The fourth-order valence-corrected chi connectivity index (χ4v) is 3.54. The van der Waals surface area contributed by atoms with Gasteiger partial charge in [-0.3, -0.25) is 4.79 Å². The normalized spacial score (nSPS) is 13.7. The Labute approximate surface area is 165 Å². The number of hydrogen-bond donors (Lipinski definition) is 1. The van der Waals surface area contributed by atoms with Crippen LogP contribution < -0.4 is 5.32 Å². The Morgan fingerprint density at radius 2 is 2.04 bits per heavy atom. The Kier molecular flexibility index (Phi) is 4.28. The lowest BCUT2D eigenvalue weighted by Gasteiger charge is -2.08. The smallest absolute Gasteiger partial charge is 0.253 e. The van der Waals surface area contributed by atoms with E-state index in [1.54, 1.807) is 27.7 Å². The second-order valence-electron chi connectivity index (χ2n) is 6.57. The molecule has 0 atom stereocenters. The molecule has 28 heavy (non-hydrogen) atoms. The van der Waals surface area contributed by atoms with E-state index in [9.17, 15) is 4.79 Å². The average Bonchev–Trinajstić information content (AvgIpc) is 3.35. The van der Waals surface area contributed by atoms with Crippen LogP contribution in [0.1, 0.15) is 24.5 Å². The van der Waals surface area contributed by atoms with Crippen LogP contribution in [0.25, 0.3) is 11.5 Å². The maximum absolute atomic E-state index is 12.5. The number of fused-ring (bicyclic) bond motifs is 1. The molecule has 1 saturated carbocycles. The highest BCUT2D eigenvalue weighted by molar-refractivity contribution is 7.99. The number of carbonyl (C=O) groups excluding carboxylic acids is 1. The highest BCUT2D eigenvalue weighted by Gasteiger charge is 2.28. The summed E-state index contributed by atoms with van der Waals surface area (Å²) >= 11 is 1.28. The van der Waals surface area contributed by atoms with Gasteiger partial charge in [0.25, 0.3) is 5.78 Å². The van der Waals surface area contributed by atoms with E-state index in [1.807, 2.05) is 36.4 Å². The molecule has 140 valence electrons. The first-order chi connectivity index (χ1) is 13.8. The topological polar surface area (TPSA) is 90.0 Å². The third-order valence-electron chi connectivity index (χ3n) is 4.42. The van der Waals surface area contributed by atoms with E-state index in [4.69, 9.17) is 5.10 Å². The Balaban J connectivity index is 1.31. The SMILES string of the molecule is O=C(CSc1nc2ncccn2n1)Nc1cc(C2CC2)nn1-c1ccccc1. The van der Waals surface area contributed by atoms with Gasteiger partial charge in [-0.05, 0) is 31.0 Å². The van der Waals surface area contributed by atoms with Gasteiger partial charge in [-0.25, -0.2) is 14.2 Å². The third kappa shape index (κ3) is 3.48. The number of nitrogens with zero attached hydrogens (tertiary/aromatic N) is 6. The Bertz CT molecular complexity index is 1100. The number of thioether (sulfide) groups is 1. The van der Waals surface area contributed by atoms with Gasteiger partial charge in [0.05, 0.1) is 17.1 Å². The number of rotatable bonds is 6. The molecule has 1 aliphatic rings. The van der Waals surface area contributed by atoms with E-state index < -0.39 is 0 Å². The van der Waals surface area contributed by atoms with Gasteiger partial charge in [-0.2, -0.15) is 10.1 Å². The first kappa shape index (κ1) is 16.9. The number of para-hydroxylation sites is 1. The summed E-state index contributed by atoms with van der Waals surface area (Å²) in [5, 5.41) is 12.5. The van der Waals surface area contributed by atoms with E-state index in [1.165, 1.54) is 11.8 Å². The molecule has 0 radical (unpaired) electrons. The van der Waals surface area contributed by atoms with Crippen molar-refractivity contribution in [2.24, 2.45) is 0 Å². The van der Waals surface area contributed by atoms with Crippen LogP contribution in [0.4, 0.5) is 5.82 Å². The number of aromatic nitrogens is 6. The molecule has 0 spiro atoms. The van der Waals surface area contributed by atoms with E-state index in [2.05, 4.69) is 20.4 Å². The maximum Gasteiger partial charge on any atom is 0.253 e. The second-order valence-corrected chi connectivity index (χ2v) is 7.51. The predicted octanol–water partition coefficient (Wildman–Crippen LogP) is 2.92. The molecule has 1 aliphatic carbocycles. The first-order valence-electron chi connectivity index (χ1n) is 9.02. The largest absolute Gasteiger partial charge is 0.310 e. The van der Waals surface area contributed by atoms with Crippen molar-refractivity contribution in [1.29, 1.82) is 0 Å². The van der Waals surface area contributed by atoms with Crippen molar-refractivity contribution in [2.45, 2.75) is 23.9 Å². The lowest BCUT2D eigenvalue weighted by atomic mass is 10.3. The number of benzene rings is 1. The van der Waals surface area contributed by atoms with Crippen molar-refractivity contribution >= 4 is 29.3 Å². The molecule has 5 rings (SSSR count). The quantitative estimate of drug-likeness (QED) is 0.508. The molecule has 3 aromatic heterocycles. The van der Waals surface area contributed by atoms with E-state index in [-0.39, 0.29) is 11.7 Å². The Hall–Kier alpha value is -3.20. The zero-order valence-electron chi connectivity index (χ0n) is 14.9. The van der Waals surface area contributed by atoms with Crippen LogP contribution in [-0.4, -0.2) is 41.0 Å². The summed E-state index contributed by atoms with van der Waals surface area (Å²) < 4.78 is 3.38. The zero-order chi connectivity index (χ0) is 18.9. The first-order valence-corrected chi connectivity index (χ1v) is 10.0. The van der Waals surface area contributed by atoms with Crippen LogP contribution in [0.5, 0.6) is 0 Å². The molecule has 0 saturated heterocycles. The van der Waals surface area contributed by atoms with E-state index in [0.29, 0.717) is 22.7 Å². The fourth-order valence-electron chi connectivity index (χ4n) is 2.92. The minimum atomic E-state index is -0.128. The van der Waals surface area contributed by atoms with Gasteiger partial charge >= 0.3 is 0 Å². The van der Waals surface area contributed by atoms with E-state index >= 15 is 0 Å². The summed E-state index contributed by atoms with van der Waals surface area (Å²) in [6, 6.07) is 13.6. The summed E-state index contributed by atoms with van der Waals surface area (Å²) in [5.74, 6) is 1.78. The van der Waals surface area contributed by atoms with E-state index in [0.717, 1.165) is 24.2 Å². The molecular formula is C19H17N7OS. The van der Waals surface area contributed by atoms with Crippen molar-refractivity contribution in [2.75, 3.05) is 11.1 Å². The monoisotopic (exact) mass is 391 g/mol. The molecule has 3 heterocycles. The summed E-state index contributed by atoms with van der Waals surface area (Å²) in [7, 11) is 0. The molecular weight excluding hydrogens is 374 g/mol. The standard InChI is InChI=1S/C19H17N7OS/c27-17(12-28-19-22-18-20-9-4-10-25(18)24-19)21-16-11-15(13-7-8-13)23-26(16)14-5-2-1-3-6-14/h1-6,9-11,13H,7-8,12H2,(H,21,27). The predicted molar refractivity (Wildman–Crippen MR) is 106 cm³/mol. The Morgan fingerprint density at radius 1 is 1.18 bits per heavy atom. The van der Waals surface area contributed by atoms with Crippen molar-refractivity contribution in [3.63, 3.8) is 0 Å². The van der Waals surface area contributed by atoms with Gasteiger partial charge in [0.2, 0.25) is 11.1 Å². The van der Waals surface area contributed by atoms with Crippen LogP contribution in [-0.2, 0) is 4.79 Å². The maximum atomic E-state index is 12.5. The number of amides is 1. The van der Waals surface area contributed by atoms with Gasteiger partial charge in [0, 0.05) is 24.4 Å². The van der Waals surface area contributed by atoms with Gasteiger partial charge < -0.3 is 5.32 Å². The third-order valence-corrected chi connectivity index (χ3v) is 5.26. The van der Waals surface area contributed by atoms with Gasteiger partial charge in [0.15, 0.2) is 0 Å². The van der Waals surface area contributed by atoms with Crippen molar-refractivity contribution in [3.8, 4) is 5.69 Å². The molecule has 1 amide bonds. The lowest BCUT2D eigenvalue weighted by molar-refractivity contribution is -0.113. The molecule has 9 heteroatoms. The molecule has 0 bridgehead atoms. The number of carbonyl (C=O) groups is 1. The van der Waals surface area contributed by atoms with Crippen molar-refractivity contribution in [1.82, 2.24) is 29.4 Å². The molecule has 4 aromatic rings. The summed E-state index contributed by atoms with van der Waals surface area (Å²) in [6.45, 7) is 0. The Morgan fingerprint density at radius 3 is 2.82 bits per heavy atom. The van der Waals surface area contributed by atoms with Crippen molar-refractivity contribution in [3.05, 3.63) is 60.6 Å². The van der Waals surface area contributed by atoms with Gasteiger partial charge in [-0.1, -0.05) is 30.0 Å². The van der Waals surface area contributed by atoms with Gasteiger partial charge in [0.1, 0.15) is 5.82 Å². The highest BCUT2D eigenvalue weighted by atomic mass is 32.2. The lowest BCUT2D eigenvalue weighted by Crippen LogP contribution is -2.17. The summed E-state index contributed by atoms with van der Waals surface area (Å²) in [5.41, 5.74) is 1.95. The van der Waals surface area contributed by atoms with Crippen LogP contribution in [0.15, 0.2) is 60.0 Å². The molecule has 8 nitrogen and oxygen atoms in total. The average molecular weight is 391 g/mol. The molecule has 1 fully saturated rings. The fraction of sp³-hybridized carbons (Fsp3) is 0.211. The minimum Gasteiger partial charge on any atom is -0.310 e. The van der Waals surface area contributed by atoms with Crippen LogP contribution in [0.3, 0.4) is 0 Å². The molecule has 1 aromatic carbocycles. The zero-order valence-corrected chi connectivity index (χ0v) is 15.7. The molecule has 0 aliphatic heterocycles. The molecule has 1 N–H and O–H groups in total. The van der Waals surface area contributed by atoms with Gasteiger partial charge in [-0.15, -0.1) is 5.10 Å². The number of hydrogen-bond acceptors (Lipinski definition) is 6. The number of anilines is 1. The molecule has 0 unspecified atom stereocenters. The summed E-state index contributed by atoms with van der Waals surface area (Å²) in [4.78, 5) is 21.0. The number of nitrogens with one attached hydrogen (secondary N) is 1. The van der Waals surface area contributed by atoms with Crippen molar-refractivity contribution < 1.29 is 4.79 Å². The summed E-state index contributed by atoms with van der Waals surface area (Å²) in [6.07, 6.45) is 5.75. The van der Waals surface area contributed by atoms with Crippen LogP contribution in [0, 0.1) is 0 Å².